The van der Waals surface area contributed by atoms with Crippen LogP contribution in [0.15, 0.2) is 6.07 Å². The van der Waals surface area contributed by atoms with Crippen molar-refractivity contribution in [1.82, 2.24) is 10.2 Å². The third-order valence-electron chi connectivity index (χ3n) is 4.43. The summed E-state index contributed by atoms with van der Waals surface area (Å²) in [6.45, 7) is 1.25. The number of aliphatic hydroxyl groups excluding tert-OH is 1. The molecule has 0 spiro atoms. The van der Waals surface area contributed by atoms with Gasteiger partial charge in [0.05, 0.1) is 17.0 Å². The Bertz CT molecular complexity index is 477. The topological polar surface area (TPSA) is 52.6 Å². The van der Waals surface area contributed by atoms with E-state index in [0.717, 1.165) is 17.7 Å². The van der Waals surface area contributed by atoms with Crippen LogP contribution in [0, 0.1) is 0 Å². The quantitative estimate of drug-likeness (QED) is 0.811. The summed E-state index contributed by atoms with van der Waals surface area (Å²) >= 11 is 1.65. The van der Waals surface area contributed by atoms with Gasteiger partial charge in [-0.05, 0) is 37.3 Å². The highest BCUT2D eigenvalue weighted by atomic mass is 32.1. The van der Waals surface area contributed by atoms with Gasteiger partial charge in [-0.2, -0.15) is 0 Å². The van der Waals surface area contributed by atoms with Crippen molar-refractivity contribution < 1.29 is 9.90 Å². The third kappa shape index (κ3) is 2.62. The molecule has 2 N–H and O–H groups in total. The predicted octanol–water partition coefficient (Wildman–Crippen LogP) is 1.42. The Balaban J connectivity index is 1.77. The van der Waals surface area contributed by atoms with Crippen molar-refractivity contribution >= 4 is 17.2 Å². The number of carbonyl (C=O) groups excluding carboxylic acids is 1. The minimum atomic E-state index is -0.457. The molecule has 1 aromatic heterocycles. The number of thiophene rings is 1. The first-order valence-electron chi connectivity index (χ1n) is 7.44. The van der Waals surface area contributed by atoms with Gasteiger partial charge in [-0.25, -0.2) is 0 Å². The molecule has 5 heteroatoms. The number of carbonyl (C=O) groups is 1. The van der Waals surface area contributed by atoms with E-state index < -0.39 is 6.10 Å². The van der Waals surface area contributed by atoms with Gasteiger partial charge in [-0.3, -0.25) is 4.79 Å². The largest absolute Gasteiger partial charge is 0.390 e. The second kappa shape index (κ2) is 5.84. The van der Waals surface area contributed by atoms with Gasteiger partial charge in [0.15, 0.2) is 0 Å². The first-order valence-corrected chi connectivity index (χ1v) is 8.26. The first kappa shape index (κ1) is 14.0. The molecular formula is C15H22N2O2S. The van der Waals surface area contributed by atoms with Gasteiger partial charge in [-0.1, -0.05) is 6.42 Å². The molecule has 2 aliphatic rings. The van der Waals surface area contributed by atoms with Crippen molar-refractivity contribution in [2.24, 2.45) is 0 Å². The number of likely N-dealkylation sites (N-methyl/N-ethyl adjacent to an activating group) is 1. The van der Waals surface area contributed by atoms with Crippen LogP contribution in [0.1, 0.15) is 39.4 Å². The molecule has 2 atom stereocenters. The number of aryl methyl sites for hydroxylation is 2. The van der Waals surface area contributed by atoms with Gasteiger partial charge >= 0.3 is 0 Å². The second-order valence-corrected chi connectivity index (χ2v) is 6.97. The lowest BCUT2D eigenvalue weighted by Crippen LogP contribution is -2.44. The molecule has 0 bridgehead atoms. The van der Waals surface area contributed by atoms with Crippen LogP contribution in [-0.4, -0.2) is 48.2 Å². The number of β-amino-alcohol motifs (C(OH)–C–C–N with tert-alkyl or cyclic N) is 1. The maximum atomic E-state index is 12.6. The Labute approximate surface area is 123 Å². The van der Waals surface area contributed by atoms with Gasteiger partial charge in [0, 0.05) is 25.0 Å². The summed E-state index contributed by atoms with van der Waals surface area (Å²) in [5.41, 5.74) is 1.37. The molecule has 4 nitrogen and oxygen atoms in total. The smallest absolute Gasteiger partial charge is 0.264 e. The number of amides is 1. The summed E-state index contributed by atoms with van der Waals surface area (Å²) in [5, 5.41) is 13.0. The number of hydrogen-bond acceptors (Lipinski definition) is 4. The molecule has 1 amide bonds. The van der Waals surface area contributed by atoms with Crippen LogP contribution in [0.25, 0.3) is 0 Å². The highest BCUT2D eigenvalue weighted by molar-refractivity contribution is 7.14. The zero-order valence-corrected chi connectivity index (χ0v) is 12.7. The highest BCUT2D eigenvalue weighted by Gasteiger charge is 2.32. The molecule has 1 aliphatic heterocycles. The van der Waals surface area contributed by atoms with Crippen LogP contribution >= 0.6 is 11.3 Å². The monoisotopic (exact) mass is 294 g/mol. The summed E-state index contributed by atoms with van der Waals surface area (Å²) < 4.78 is 0. The fourth-order valence-corrected chi connectivity index (χ4v) is 4.38. The molecule has 3 rings (SSSR count). The van der Waals surface area contributed by atoms with E-state index in [2.05, 4.69) is 11.4 Å². The zero-order valence-electron chi connectivity index (χ0n) is 11.9. The van der Waals surface area contributed by atoms with Gasteiger partial charge in [0.2, 0.25) is 0 Å². The van der Waals surface area contributed by atoms with E-state index >= 15 is 0 Å². The Hall–Kier alpha value is -0.910. The van der Waals surface area contributed by atoms with Gasteiger partial charge in [0.1, 0.15) is 0 Å². The van der Waals surface area contributed by atoms with Crippen LogP contribution < -0.4 is 5.32 Å². The Morgan fingerprint density at radius 3 is 2.90 bits per heavy atom. The van der Waals surface area contributed by atoms with Crippen LogP contribution in [0.4, 0.5) is 0 Å². The summed E-state index contributed by atoms with van der Waals surface area (Å²) in [5.74, 6) is 0.0517. The number of fused-ring (bicyclic) bond motifs is 1. The SMILES string of the molecule is CN(C(=O)c1cc2c(s1)CCCCC2)[C@H]1CNC[C@@H]1O. The standard InChI is InChI=1S/C15H22N2O2S/c1-17(11-8-16-9-12(11)18)15(19)14-7-10-5-3-2-4-6-13(10)20-14/h7,11-12,16,18H,2-6,8-9H2,1H3/t11-,12-/m0/s1. The van der Waals surface area contributed by atoms with Crippen molar-refractivity contribution in [3.8, 4) is 0 Å². The van der Waals surface area contributed by atoms with E-state index in [1.54, 1.807) is 23.3 Å². The van der Waals surface area contributed by atoms with E-state index in [0.29, 0.717) is 13.1 Å². The predicted molar refractivity (Wildman–Crippen MR) is 80.3 cm³/mol. The van der Waals surface area contributed by atoms with E-state index in [1.807, 2.05) is 0 Å². The highest BCUT2D eigenvalue weighted by Crippen LogP contribution is 2.30. The molecule has 20 heavy (non-hydrogen) atoms. The molecule has 1 aromatic rings. The number of hydrogen-bond donors (Lipinski definition) is 2. The minimum Gasteiger partial charge on any atom is -0.390 e. The molecule has 1 fully saturated rings. The van der Waals surface area contributed by atoms with Crippen molar-refractivity contribution in [2.75, 3.05) is 20.1 Å². The molecule has 0 saturated carbocycles. The van der Waals surface area contributed by atoms with Gasteiger partial charge in [-0.15, -0.1) is 11.3 Å². The number of nitrogens with zero attached hydrogens (tertiary/aromatic N) is 1. The molecule has 110 valence electrons. The average molecular weight is 294 g/mol. The molecule has 2 heterocycles. The van der Waals surface area contributed by atoms with E-state index in [9.17, 15) is 9.90 Å². The van der Waals surface area contributed by atoms with Crippen LogP contribution in [-0.2, 0) is 12.8 Å². The summed E-state index contributed by atoms with van der Waals surface area (Å²) in [6, 6.07) is 1.98. The molecule has 1 aliphatic carbocycles. The normalized spacial score (nSPS) is 26.1. The molecule has 0 aromatic carbocycles. The molecule has 1 saturated heterocycles. The lowest BCUT2D eigenvalue weighted by Gasteiger charge is -2.25. The lowest BCUT2D eigenvalue weighted by atomic mass is 10.1. The third-order valence-corrected chi connectivity index (χ3v) is 5.65. The van der Waals surface area contributed by atoms with Crippen molar-refractivity contribution in [2.45, 2.75) is 44.2 Å². The Kier molecular flexibility index (Phi) is 4.10. The van der Waals surface area contributed by atoms with Crippen LogP contribution in [0.3, 0.4) is 0 Å². The summed E-state index contributed by atoms with van der Waals surface area (Å²) in [7, 11) is 1.80. The lowest BCUT2D eigenvalue weighted by molar-refractivity contribution is 0.0585. The first-order chi connectivity index (χ1) is 9.66. The number of rotatable bonds is 2. The van der Waals surface area contributed by atoms with Crippen LogP contribution in [0.5, 0.6) is 0 Å². The summed E-state index contributed by atoms with van der Waals surface area (Å²) in [6.07, 6.45) is 5.54. The second-order valence-electron chi connectivity index (χ2n) is 5.83. The summed E-state index contributed by atoms with van der Waals surface area (Å²) in [4.78, 5) is 16.5. The number of aliphatic hydroxyl groups is 1. The average Bonchev–Trinajstić information content (AvgIpc) is 2.98. The van der Waals surface area contributed by atoms with E-state index in [1.165, 1.54) is 29.7 Å². The molecular weight excluding hydrogens is 272 g/mol. The van der Waals surface area contributed by atoms with E-state index in [4.69, 9.17) is 0 Å². The fourth-order valence-electron chi connectivity index (χ4n) is 3.14. The number of nitrogens with one attached hydrogen (secondary N) is 1. The van der Waals surface area contributed by atoms with Crippen molar-refractivity contribution in [1.29, 1.82) is 0 Å². The van der Waals surface area contributed by atoms with Gasteiger partial charge in [0.25, 0.3) is 5.91 Å². The van der Waals surface area contributed by atoms with Gasteiger partial charge < -0.3 is 15.3 Å². The zero-order chi connectivity index (χ0) is 14.1. The fraction of sp³-hybridized carbons (Fsp3) is 0.667. The molecule has 0 unspecified atom stereocenters. The van der Waals surface area contributed by atoms with Crippen LogP contribution in [0.2, 0.25) is 0 Å². The van der Waals surface area contributed by atoms with Crippen molar-refractivity contribution in [3.05, 3.63) is 21.4 Å². The maximum Gasteiger partial charge on any atom is 0.264 e. The molecule has 0 radical (unpaired) electrons. The minimum absolute atomic E-state index is 0.0517. The Morgan fingerprint density at radius 2 is 2.15 bits per heavy atom. The van der Waals surface area contributed by atoms with E-state index in [-0.39, 0.29) is 11.9 Å². The Morgan fingerprint density at radius 1 is 1.35 bits per heavy atom. The maximum absolute atomic E-state index is 12.6. The van der Waals surface area contributed by atoms with Crippen molar-refractivity contribution in [3.63, 3.8) is 0 Å².